The number of benzene rings is 1. The van der Waals surface area contributed by atoms with E-state index >= 15 is 0 Å². The van der Waals surface area contributed by atoms with Gasteiger partial charge in [0.15, 0.2) is 0 Å². The van der Waals surface area contributed by atoms with E-state index in [1.165, 1.54) is 18.4 Å². The van der Waals surface area contributed by atoms with Crippen molar-refractivity contribution in [3.8, 4) is 0 Å². The van der Waals surface area contributed by atoms with Crippen molar-refractivity contribution in [2.45, 2.75) is 32.4 Å². The highest BCUT2D eigenvalue weighted by Gasteiger charge is 2.27. The van der Waals surface area contributed by atoms with Gasteiger partial charge < -0.3 is 11.5 Å². The fourth-order valence-corrected chi connectivity index (χ4v) is 2.92. The van der Waals surface area contributed by atoms with Crippen molar-refractivity contribution < 1.29 is 4.79 Å². The van der Waals surface area contributed by atoms with Crippen LogP contribution in [-0.2, 0) is 6.54 Å². The van der Waals surface area contributed by atoms with Gasteiger partial charge in [0.25, 0.3) is 0 Å². The number of rotatable bonds is 4. The Bertz CT molecular complexity index is 430. The Morgan fingerprint density at radius 3 is 2.63 bits per heavy atom. The minimum Gasteiger partial charge on any atom is -0.366 e. The van der Waals surface area contributed by atoms with Gasteiger partial charge >= 0.3 is 0 Å². The predicted molar refractivity (Wildman–Crippen MR) is 76.6 cm³/mol. The first kappa shape index (κ1) is 14.0. The molecule has 1 saturated heterocycles. The third-order valence-corrected chi connectivity index (χ3v) is 4.10. The van der Waals surface area contributed by atoms with Gasteiger partial charge in [0.1, 0.15) is 0 Å². The Morgan fingerprint density at radius 1 is 1.37 bits per heavy atom. The predicted octanol–water partition coefficient (Wildman–Crippen LogP) is 1.34. The lowest BCUT2D eigenvalue weighted by atomic mass is 9.90. The summed E-state index contributed by atoms with van der Waals surface area (Å²) in [4.78, 5) is 13.5. The lowest BCUT2D eigenvalue weighted by Gasteiger charge is -2.39. The molecule has 2 unspecified atom stereocenters. The number of nitrogens with zero attached hydrogens (tertiary/aromatic N) is 1. The molecule has 1 heterocycles. The highest BCUT2D eigenvalue weighted by atomic mass is 16.1. The van der Waals surface area contributed by atoms with Gasteiger partial charge in [-0.15, -0.1) is 0 Å². The molecule has 1 aliphatic heterocycles. The normalized spacial score (nSPS) is 24.3. The fraction of sp³-hybridized carbons (Fsp3) is 0.533. The number of nitrogens with two attached hydrogens (primary N) is 2. The van der Waals surface area contributed by atoms with Gasteiger partial charge in [-0.1, -0.05) is 19.1 Å². The smallest absolute Gasteiger partial charge is 0.248 e. The number of carbonyl (C=O) groups excluding carboxylic acids is 1. The molecule has 1 aliphatic rings. The van der Waals surface area contributed by atoms with Crippen LogP contribution < -0.4 is 11.5 Å². The second-order valence-electron chi connectivity index (χ2n) is 5.45. The molecule has 0 aliphatic carbocycles. The van der Waals surface area contributed by atoms with Crippen molar-refractivity contribution in [2.24, 2.45) is 17.4 Å². The Kier molecular flexibility index (Phi) is 4.56. The van der Waals surface area contributed by atoms with E-state index in [4.69, 9.17) is 11.5 Å². The van der Waals surface area contributed by atoms with Crippen LogP contribution in [0.2, 0.25) is 0 Å². The monoisotopic (exact) mass is 261 g/mol. The average Bonchev–Trinajstić information content (AvgIpc) is 2.39. The van der Waals surface area contributed by atoms with Gasteiger partial charge in [-0.25, -0.2) is 0 Å². The van der Waals surface area contributed by atoms with Gasteiger partial charge in [0.2, 0.25) is 5.91 Å². The van der Waals surface area contributed by atoms with E-state index in [0.29, 0.717) is 24.1 Å². The van der Waals surface area contributed by atoms with Crippen LogP contribution in [0, 0.1) is 5.92 Å². The molecule has 1 amide bonds. The fourth-order valence-electron chi connectivity index (χ4n) is 2.92. The van der Waals surface area contributed by atoms with Crippen LogP contribution in [0.15, 0.2) is 24.3 Å². The number of hydrogen-bond donors (Lipinski definition) is 2. The van der Waals surface area contributed by atoms with Crippen LogP contribution in [0.5, 0.6) is 0 Å². The molecule has 4 nitrogen and oxygen atoms in total. The lowest BCUT2D eigenvalue weighted by molar-refractivity contribution is 0.0988. The van der Waals surface area contributed by atoms with E-state index in [2.05, 4.69) is 11.8 Å². The quantitative estimate of drug-likeness (QED) is 0.859. The zero-order chi connectivity index (χ0) is 13.8. The van der Waals surface area contributed by atoms with Gasteiger partial charge in [-0.05, 0) is 43.0 Å². The molecule has 4 heteroatoms. The van der Waals surface area contributed by atoms with Crippen LogP contribution in [0.25, 0.3) is 0 Å². The Labute approximate surface area is 114 Å². The van der Waals surface area contributed by atoms with Crippen molar-refractivity contribution in [1.82, 2.24) is 4.90 Å². The Hall–Kier alpha value is -1.39. The summed E-state index contributed by atoms with van der Waals surface area (Å²) in [5.41, 5.74) is 12.9. The molecular formula is C15H23N3O. The van der Waals surface area contributed by atoms with Crippen molar-refractivity contribution in [3.05, 3.63) is 35.4 Å². The SMILES string of the molecule is CC1CCCN(Cc2ccc(C(N)=O)cc2)C1CN. The molecule has 0 spiro atoms. The first-order valence-electron chi connectivity index (χ1n) is 6.94. The van der Waals surface area contributed by atoms with Gasteiger partial charge in [-0.2, -0.15) is 0 Å². The van der Waals surface area contributed by atoms with E-state index in [0.717, 1.165) is 13.1 Å². The first-order valence-corrected chi connectivity index (χ1v) is 6.94. The van der Waals surface area contributed by atoms with Gasteiger partial charge in [0.05, 0.1) is 0 Å². The van der Waals surface area contributed by atoms with E-state index < -0.39 is 0 Å². The van der Waals surface area contributed by atoms with Gasteiger partial charge in [-0.3, -0.25) is 9.69 Å². The maximum atomic E-state index is 11.0. The summed E-state index contributed by atoms with van der Waals surface area (Å²) in [5, 5.41) is 0. The maximum absolute atomic E-state index is 11.0. The topological polar surface area (TPSA) is 72.3 Å². The number of likely N-dealkylation sites (tertiary alicyclic amines) is 1. The van der Waals surface area contributed by atoms with Crippen LogP contribution in [0.1, 0.15) is 35.7 Å². The summed E-state index contributed by atoms with van der Waals surface area (Å²) in [7, 11) is 0. The molecule has 4 N–H and O–H groups in total. The van der Waals surface area contributed by atoms with Crippen molar-refractivity contribution in [2.75, 3.05) is 13.1 Å². The minimum absolute atomic E-state index is 0.377. The molecule has 2 atom stereocenters. The molecule has 19 heavy (non-hydrogen) atoms. The van der Waals surface area contributed by atoms with Crippen molar-refractivity contribution in [1.29, 1.82) is 0 Å². The van der Waals surface area contributed by atoms with Gasteiger partial charge in [0, 0.05) is 24.7 Å². The zero-order valence-electron chi connectivity index (χ0n) is 11.5. The standard InChI is InChI=1S/C15H23N3O/c1-11-3-2-8-18(14(11)9-16)10-12-4-6-13(7-5-12)15(17)19/h4-7,11,14H,2-3,8-10,16H2,1H3,(H2,17,19). The van der Waals surface area contributed by atoms with Crippen LogP contribution >= 0.6 is 0 Å². The third kappa shape index (κ3) is 3.33. The number of piperidine rings is 1. The number of carbonyl (C=O) groups is 1. The largest absolute Gasteiger partial charge is 0.366 e. The molecule has 0 radical (unpaired) electrons. The van der Waals surface area contributed by atoms with E-state index in [9.17, 15) is 4.79 Å². The van der Waals surface area contributed by atoms with Crippen molar-refractivity contribution >= 4 is 5.91 Å². The molecule has 104 valence electrons. The third-order valence-electron chi connectivity index (χ3n) is 4.10. The number of amides is 1. The Morgan fingerprint density at radius 2 is 2.05 bits per heavy atom. The summed E-state index contributed by atoms with van der Waals surface area (Å²) in [5.74, 6) is 0.279. The molecule has 2 rings (SSSR count). The molecule has 1 aromatic rings. The molecule has 0 saturated carbocycles. The van der Waals surface area contributed by atoms with E-state index in [-0.39, 0.29) is 5.91 Å². The van der Waals surface area contributed by atoms with Crippen LogP contribution in [0.4, 0.5) is 0 Å². The maximum Gasteiger partial charge on any atom is 0.248 e. The second kappa shape index (κ2) is 6.17. The first-order chi connectivity index (χ1) is 9.11. The number of hydrogen-bond acceptors (Lipinski definition) is 3. The second-order valence-corrected chi connectivity index (χ2v) is 5.45. The Balaban J connectivity index is 2.05. The summed E-state index contributed by atoms with van der Waals surface area (Å²) in [6.07, 6.45) is 2.50. The molecular weight excluding hydrogens is 238 g/mol. The summed E-state index contributed by atoms with van der Waals surface area (Å²) >= 11 is 0. The molecule has 1 aromatic carbocycles. The highest BCUT2D eigenvalue weighted by Crippen LogP contribution is 2.24. The van der Waals surface area contributed by atoms with Crippen LogP contribution in [-0.4, -0.2) is 29.9 Å². The highest BCUT2D eigenvalue weighted by molar-refractivity contribution is 5.92. The van der Waals surface area contributed by atoms with Crippen molar-refractivity contribution in [3.63, 3.8) is 0 Å². The summed E-state index contributed by atoms with van der Waals surface area (Å²) < 4.78 is 0. The average molecular weight is 261 g/mol. The molecule has 1 fully saturated rings. The summed E-state index contributed by atoms with van der Waals surface area (Å²) in [6.45, 7) is 4.98. The zero-order valence-corrected chi connectivity index (χ0v) is 11.5. The van der Waals surface area contributed by atoms with E-state index in [1.54, 1.807) is 12.1 Å². The van der Waals surface area contributed by atoms with Crippen LogP contribution in [0.3, 0.4) is 0 Å². The lowest BCUT2D eigenvalue weighted by Crippen LogP contribution is -2.47. The summed E-state index contributed by atoms with van der Waals surface area (Å²) in [6, 6.07) is 8.01. The van der Waals surface area contributed by atoms with E-state index in [1.807, 2.05) is 12.1 Å². The number of primary amides is 1. The molecule has 0 aromatic heterocycles. The molecule has 0 bridgehead atoms. The minimum atomic E-state index is -0.377.